The lowest BCUT2D eigenvalue weighted by Crippen LogP contribution is -2.49. The first kappa shape index (κ1) is 22.4. The number of ether oxygens (including phenoxy) is 1. The van der Waals surface area contributed by atoms with E-state index >= 15 is 0 Å². The predicted octanol–water partition coefficient (Wildman–Crippen LogP) is 3.20. The highest BCUT2D eigenvalue weighted by molar-refractivity contribution is 7.89. The molecule has 1 heterocycles. The van der Waals surface area contributed by atoms with E-state index in [1.165, 1.54) is 36.4 Å². The Hall–Kier alpha value is -2.29. The number of hydrogen-bond acceptors (Lipinski definition) is 4. The van der Waals surface area contributed by atoms with Crippen LogP contribution in [0.4, 0.5) is 4.39 Å². The fraction of sp³-hybridized carbons (Fsp3) is 0.409. The number of rotatable bonds is 7. The molecule has 3 rings (SSSR count). The minimum Gasteiger partial charge on any atom is -0.381 e. The van der Waals surface area contributed by atoms with Gasteiger partial charge in [0, 0.05) is 25.3 Å². The van der Waals surface area contributed by atoms with Crippen LogP contribution in [0.1, 0.15) is 42.6 Å². The van der Waals surface area contributed by atoms with Gasteiger partial charge in [0.15, 0.2) is 0 Å². The Morgan fingerprint density at radius 2 is 1.67 bits per heavy atom. The molecule has 0 aliphatic carbocycles. The van der Waals surface area contributed by atoms with E-state index in [9.17, 15) is 17.6 Å². The molecule has 1 aliphatic heterocycles. The summed E-state index contributed by atoms with van der Waals surface area (Å²) in [7, 11) is -3.62. The molecule has 2 aromatic rings. The molecule has 0 radical (unpaired) electrons. The van der Waals surface area contributed by atoms with E-state index in [0.29, 0.717) is 38.2 Å². The molecule has 2 N–H and O–H groups in total. The van der Waals surface area contributed by atoms with Crippen LogP contribution in [0.5, 0.6) is 0 Å². The Balaban J connectivity index is 1.79. The molecule has 0 bridgehead atoms. The summed E-state index contributed by atoms with van der Waals surface area (Å²) in [5.74, 6) is -0.470. The fourth-order valence-electron chi connectivity index (χ4n) is 3.41. The largest absolute Gasteiger partial charge is 0.381 e. The third kappa shape index (κ3) is 5.24. The molecule has 0 saturated carbocycles. The molecule has 2 aromatic carbocycles. The van der Waals surface area contributed by atoms with Gasteiger partial charge in [-0.25, -0.2) is 17.5 Å². The molecule has 1 amide bonds. The van der Waals surface area contributed by atoms with Crippen molar-refractivity contribution in [1.29, 1.82) is 0 Å². The van der Waals surface area contributed by atoms with E-state index in [-0.39, 0.29) is 22.5 Å². The van der Waals surface area contributed by atoms with Gasteiger partial charge < -0.3 is 10.1 Å². The van der Waals surface area contributed by atoms with Crippen molar-refractivity contribution in [2.24, 2.45) is 5.92 Å². The first-order valence-corrected chi connectivity index (χ1v) is 11.5. The van der Waals surface area contributed by atoms with E-state index < -0.39 is 15.6 Å². The Morgan fingerprint density at radius 3 is 2.23 bits per heavy atom. The average molecular weight is 435 g/mol. The number of nitrogens with one attached hydrogen (secondary N) is 2. The van der Waals surface area contributed by atoms with Crippen molar-refractivity contribution in [2.75, 3.05) is 19.8 Å². The molecule has 1 aliphatic rings. The monoisotopic (exact) mass is 434 g/mol. The number of sulfonamides is 1. The van der Waals surface area contributed by atoms with Crippen LogP contribution in [-0.4, -0.2) is 34.1 Å². The maximum absolute atomic E-state index is 13.4. The maximum Gasteiger partial charge on any atom is 0.251 e. The lowest BCUT2D eigenvalue weighted by Gasteiger charge is -2.38. The van der Waals surface area contributed by atoms with E-state index in [0.717, 1.165) is 5.56 Å². The van der Waals surface area contributed by atoms with Crippen LogP contribution < -0.4 is 10.0 Å². The number of benzene rings is 2. The van der Waals surface area contributed by atoms with Crippen LogP contribution in [0.3, 0.4) is 0 Å². The molecule has 162 valence electrons. The summed E-state index contributed by atoms with van der Waals surface area (Å²) in [6.07, 6.45) is 1.13. The Morgan fingerprint density at radius 1 is 1.07 bits per heavy atom. The van der Waals surface area contributed by atoms with Gasteiger partial charge in [-0.15, -0.1) is 0 Å². The molecular formula is C22H27FN2O4S. The summed E-state index contributed by atoms with van der Waals surface area (Å²) < 4.78 is 46.1. The normalized spacial score (nSPS) is 16.4. The zero-order chi connectivity index (χ0) is 21.8. The van der Waals surface area contributed by atoms with Crippen molar-refractivity contribution >= 4 is 15.9 Å². The SMILES string of the molecule is CC(C)CNS(=O)(=O)c1ccc(C(=O)NC2(c3ccc(F)cc3)CCOCC2)cc1. The number of hydrogen-bond donors (Lipinski definition) is 2. The van der Waals surface area contributed by atoms with Crippen molar-refractivity contribution in [3.8, 4) is 0 Å². The lowest BCUT2D eigenvalue weighted by molar-refractivity contribution is 0.0345. The second-order valence-corrected chi connectivity index (χ2v) is 9.69. The van der Waals surface area contributed by atoms with Crippen LogP contribution in [0, 0.1) is 11.7 Å². The van der Waals surface area contributed by atoms with Gasteiger partial charge in [-0.1, -0.05) is 26.0 Å². The molecule has 8 heteroatoms. The van der Waals surface area contributed by atoms with Gasteiger partial charge in [0.25, 0.3) is 5.91 Å². The summed E-state index contributed by atoms with van der Waals surface area (Å²) in [5.41, 5.74) is 0.510. The third-order valence-electron chi connectivity index (χ3n) is 5.20. The second kappa shape index (κ2) is 9.24. The molecule has 30 heavy (non-hydrogen) atoms. The van der Waals surface area contributed by atoms with Crippen LogP contribution in [0.25, 0.3) is 0 Å². The third-order valence-corrected chi connectivity index (χ3v) is 6.64. The molecule has 1 fully saturated rings. The van der Waals surface area contributed by atoms with Gasteiger partial charge in [-0.3, -0.25) is 4.79 Å². The quantitative estimate of drug-likeness (QED) is 0.701. The molecule has 1 saturated heterocycles. The standard InChI is InChI=1S/C22H27FN2O4S/c1-16(2)15-24-30(27,28)20-9-3-17(4-10-20)21(26)25-22(11-13-29-14-12-22)18-5-7-19(23)8-6-18/h3-10,16,24H,11-15H2,1-2H3,(H,25,26). The molecule has 0 spiro atoms. The predicted molar refractivity (Wildman–Crippen MR) is 112 cm³/mol. The summed E-state index contributed by atoms with van der Waals surface area (Å²) >= 11 is 0. The highest BCUT2D eigenvalue weighted by atomic mass is 32.2. The average Bonchev–Trinajstić information content (AvgIpc) is 2.73. The van der Waals surface area contributed by atoms with Crippen molar-refractivity contribution in [1.82, 2.24) is 10.0 Å². The van der Waals surface area contributed by atoms with E-state index in [4.69, 9.17) is 4.74 Å². The highest BCUT2D eigenvalue weighted by Crippen LogP contribution is 2.32. The first-order valence-electron chi connectivity index (χ1n) is 9.98. The van der Waals surface area contributed by atoms with Gasteiger partial charge in [-0.2, -0.15) is 0 Å². The maximum atomic E-state index is 13.4. The molecular weight excluding hydrogens is 407 g/mol. The summed E-state index contributed by atoms with van der Waals surface area (Å²) in [6, 6.07) is 11.9. The van der Waals surface area contributed by atoms with Crippen molar-refractivity contribution in [3.63, 3.8) is 0 Å². The van der Waals surface area contributed by atoms with Crippen LogP contribution >= 0.6 is 0 Å². The minimum atomic E-state index is -3.62. The number of carbonyl (C=O) groups excluding carboxylic acids is 1. The zero-order valence-electron chi connectivity index (χ0n) is 17.2. The minimum absolute atomic E-state index is 0.110. The Labute approximate surface area is 176 Å². The van der Waals surface area contributed by atoms with E-state index in [2.05, 4.69) is 10.0 Å². The highest BCUT2D eigenvalue weighted by Gasteiger charge is 2.36. The smallest absolute Gasteiger partial charge is 0.251 e. The van der Waals surface area contributed by atoms with Gasteiger partial charge in [0.05, 0.1) is 10.4 Å². The number of amides is 1. The van der Waals surface area contributed by atoms with Gasteiger partial charge >= 0.3 is 0 Å². The zero-order valence-corrected chi connectivity index (χ0v) is 18.0. The van der Waals surface area contributed by atoms with Crippen LogP contribution in [0.2, 0.25) is 0 Å². The summed E-state index contributed by atoms with van der Waals surface area (Å²) in [5, 5.41) is 3.08. The number of halogens is 1. The van der Waals surface area contributed by atoms with E-state index in [1.54, 1.807) is 12.1 Å². The van der Waals surface area contributed by atoms with Gasteiger partial charge in [-0.05, 0) is 60.7 Å². The summed E-state index contributed by atoms with van der Waals surface area (Å²) in [6.45, 7) is 5.14. The summed E-state index contributed by atoms with van der Waals surface area (Å²) in [4.78, 5) is 13.1. The Bertz CT molecular complexity index is 967. The number of carbonyl (C=O) groups is 1. The first-order chi connectivity index (χ1) is 14.2. The lowest BCUT2D eigenvalue weighted by atomic mass is 9.82. The van der Waals surface area contributed by atoms with Gasteiger partial charge in [0.1, 0.15) is 5.82 Å². The van der Waals surface area contributed by atoms with Crippen molar-refractivity contribution in [2.45, 2.75) is 37.1 Å². The van der Waals surface area contributed by atoms with Crippen molar-refractivity contribution < 1.29 is 22.3 Å². The van der Waals surface area contributed by atoms with Crippen LogP contribution in [-0.2, 0) is 20.3 Å². The Kier molecular flexibility index (Phi) is 6.90. The van der Waals surface area contributed by atoms with E-state index in [1.807, 2.05) is 13.8 Å². The molecule has 0 aromatic heterocycles. The van der Waals surface area contributed by atoms with Gasteiger partial charge in [0.2, 0.25) is 10.0 Å². The molecule has 0 unspecified atom stereocenters. The molecule has 6 nitrogen and oxygen atoms in total. The van der Waals surface area contributed by atoms with Crippen molar-refractivity contribution in [3.05, 3.63) is 65.5 Å². The fourth-order valence-corrected chi connectivity index (χ4v) is 4.62. The second-order valence-electron chi connectivity index (χ2n) is 7.93. The molecule has 0 atom stereocenters. The topological polar surface area (TPSA) is 84.5 Å². The van der Waals surface area contributed by atoms with Crippen LogP contribution in [0.15, 0.2) is 53.4 Å².